The Balaban J connectivity index is 1.99. The van der Waals surface area contributed by atoms with Crippen molar-refractivity contribution < 1.29 is 14.3 Å². The average molecular weight is 294 g/mol. The van der Waals surface area contributed by atoms with Gasteiger partial charge in [0, 0.05) is 30.2 Å². The van der Waals surface area contributed by atoms with Gasteiger partial charge in [-0.25, -0.2) is 0 Å². The topological polar surface area (TPSA) is 64.2 Å². The van der Waals surface area contributed by atoms with Crippen LogP contribution in [0, 0.1) is 5.41 Å². The standard InChI is InChI=1S/C16H26N2O3/c1-3-20-11-16(12-21-4-2)7-5-13(6-8-16)15-14(10-19)9-17-18-15/h9-10,13H,3-8,11-12H2,1-2H3,(H,17,18). The predicted molar refractivity (Wildman–Crippen MR) is 80.6 cm³/mol. The Morgan fingerprint density at radius 2 is 1.90 bits per heavy atom. The lowest BCUT2D eigenvalue weighted by Crippen LogP contribution is -2.36. The van der Waals surface area contributed by atoms with Crippen LogP contribution in [-0.4, -0.2) is 42.9 Å². The third kappa shape index (κ3) is 3.92. The van der Waals surface area contributed by atoms with Gasteiger partial charge in [-0.1, -0.05) is 0 Å². The van der Waals surface area contributed by atoms with Crippen molar-refractivity contribution in [3.8, 4) is 0 Å². The number of nitrogens with one attached hydrogen (secondary N) is 1. The molecular formula is C16H26N2O3. The number of hydrogen-bond acceptors (Lipinski definition) is 4. The molecule has 1 aliphatic rings. The lowest BCUT2D eigenvalue weighted by molar-refractivity contribution is -0.0397. The number of H-pyrrole nitrogens is 1. The van der Waals surface area contributed by atoms with Gasteiger partial charge in [0.25, 0.3) is 0 Å². The predicted octanol–water partition coefficient (Wildman–Crippen LogP) is 2.94. The molecule has 0 atom stereocenters. The highest BCUT2D eigenvalue weighted by Gasteiger charge is 2.37. The van der Waals surface area contributed by atoms with Crippen molar-refractivity contribution in [2.75, 3.05) is 26.4 Å². The number of aldehydes is 1. The monoisotopic (exact) mass is 294 g/mol. The van der Waals surface area contributed by atoms with Crippen molar-refractivity contribution in [3.05, 3.63) is 17.5 Å². The summed E-state index contributed by atoms with van der Waals surface area (Å²) in [5, 5.41) is 6.99. The minimum atomic E-state index is 0.129. The van der Waals surface area contributed by atoms with Gasteiger partial charge in [0.15, 0.2) is 6.29 Å². The number of aromatic amines is 1. The van der Waals surface area contributed by atoms with E-state index in [1.165, 1.54) is 0 Å². The number of ether oxygens (including phenoxy) is 2. The fourth-order valence-corrected chi connectivity index (χ4v) is 3.21. The molecule has 5 heteroatoms. The Hall–Kier alpha value is -1.20. The zero-order chi connectivity index (χ0) is 15.1. The van der Waals surface area contributed by atoms with E-state index in [0.29, 0.717) is 11.5 Å². The van der Waals surface area contributed by atoms with Crippen molar-refractivity contribution in [3.63, 3.8) is 0 Å². The highest BCUT2D eigenvalue weighted by atomic mass is 16.5. The van der Waals surface area contributed by atoms with E-state index in [1.807, 2.05) is 13.8 Å². The lowest BCUT2D eigenvalue weighted by Gasteiger charge is -2.39. The summed E-state index contributed by atoms with van der Waals surface area (Å²) in [5.74, 6) is 0.393. The Bertz CT molecular complexity index is 426. The van der Waals surface area contributed by atoms with E-state index < -0.39 is 0 Å². The number of hydrogen-bond donors (Lipinski definition) is 1. The fourth-order valence-electron chi connectivity index (χ4n) is 3.21. The maximum Gasteiger partial charge on any atom is 0.153 e. The zero-order valence-electron chi connectivity index (χ0n) is 13.1. The van der Waals surface area contributed by atoms with Crippen LogP contribution >= 0.6 is 0 Å². The van der Waals surface area contributed by atoms with E-state index in [4.69, 9.17) is 9.47 Å². The molecule has 0 bridgehead atoms. The van der Waals surface area contributed by atoms with E-state index in [1.54, 1.807) is 6.20 Å². The summed E-state index contributed by atoms with van der Waals surface area (Å²) < 4.78 is 11.4. The summed E-state index contributed by atoms with van der Waals surface area (Å²) in [6.45, 7) is 7.07. The lowest BCUT2D eigenvalue weighted by atomic mass is 9.70. The Kier molecular flexibility index (Phi) is 5.94. The molecular weight excluding hydrogens is 268 g/mol. The Morgan fingerprint density at radius 3 is 2.43 bits per heavy atom. The van der Waals surface area contributed by atoms with Crippen LogP contribution in [0.3, 0.4) is 0 Å². The molecule has 0 saturated heterocycles. The van der Waals surface area contributed by atoms with E-state index >= 15 is 0 Å². The average Bonchev–Trinajstić information content (AvgIpc) is 3.00. The minimum absolute atomic E-state index is 0.129. The van der Waals surface area contributed by atoms with Gasteiger partial charge in [0.1, 0.15) is 0 Å². The summed E-state index contributed by atoms with van der Waals surface area (Å²) in [6.07, 6.45) is 6.72. The van der Waals surface area contributed by atoms with E-state index in [2.05, 4.69) is 10.2 Å². The molecule has 0 amide bonds. The molecule has 1 heterocycles. The molecule has 118 valence electrons. The summed E-state index contributed by atoms with van der Waals surface area (Å²) in [4.78, 5) is 11.0. The molecule has 1 aromatic rings. The molecule has 1 saturated carbocycles. The van der Waals surface area contributed by atoms with Crippen molar-refractivity contribution >= 4 is 6.29 Å². The molecule has 1 aromatic heterocycles. The van der Waals surface area contributed by atoms with Gasteiger partial charge >= 0.3 is 0 Å². The van der Waals surface area contributed by atoms with Crippen LogP contribution < -0.4 is 0 Å². The first-order valence-electron chi connectivity index (χ1n) is 7.88. The van der Waals surface area contributed by atoms with Crippen LogP contribution in [0.4, 0.5) is 0 Å². The van der Waals surface area contributed by atoms with Gasteiger partial charge in [-0.05, 0) is 39.5 Å². The summed E-state index contributed by atoms with van der Waals surface area (Å²) in [7, 11) is 0. The second-order valence-electron chi connectivity index (χ2n) is 5.91. The smallest absolute Gasteiger partial charge is 0.153 e. The van der Waals surface area contributed by atoms with E-state index in [9.17, 15) is 4.79 Å². The second-order valence-corrected chi connectivity index (χ2v) is 5.91. The molecule has 0 radical (unpaired) electrons. The van der Waals surface area contributed by atoms with E-state index in [0.717, 1.165) is 64.1 Å². The van der Waals surface area contributed by atoms with Gasteiger partial charge < -0.3 is 9.47 Å². The molecule has 5 nitrogen and oxygen atoms in total. The van der Waals surface area contributed by atoms with Gasteiger partial charge in [0.2, 0.25) is 0 Å². The third-order valence-corrected chi connectivity index (χ3v) is 4.51. The van der Waals surface area contributed by atoms with E-state index in [-0.39, 0.29) is 5.41 Å². The van der Waals surface area contributed by atoms with Crippen LogP contribution in [0.5, 0.6) is 0 Å². The molecule has 0 unspecified atom stereocenters. The quantitative estimate of drug-likeness (QED) is 0.749. The highest BCUT2D eigenvalue weighted by Crippen LogP contribution is 2.43. The number of nitrogens with zero attached hydrogens (tertiary/aromatic N) is 1. The molecule has 1 fully saturated rings. The molecule has 1 aliphatic carbocycles. The molecule has 0 spiro atoms. The van der Waals surface area contributed by atoms with Crippen molar-refractivity contribution in [2.24, 2.45) is 5.41 Å². The number of rotatable bonds is 8. The largest absolute Gasteiger partial charge is 0.381 e. The molecule has 1 N–H and O–H groups in total. The SMILES string of the molecule is CCOCC1(COCC)CCC(c2[nH]ncc2C=O)CC1. The first-order chi connectivity index (χ1) is 10.2. The number of carbonyl (C=O) groups excluding carboxylic acids is 1. The molecule has 21 heavy (non-hydrogen) atoms. The highest BCUT2D eigenvalue weighted by molar-refractivity contribution is 5.76. The van der Waals surface area contributed by atoms with Crippen LogP contribution in [0.1, 0.15) is 61.5 Å². The summed E-state index contributed by atoms with van der Waals surface area (Å²) in [5.41, 5.74) is 1.82. The van der Waals surface area contributed by atoms with Crippen molar-refractivity contribution in [1.29, 1.82) is 0 Å². The third-order valence-electron chi connectivity index (χ3n) is 4.51. The maximum absolute atomic E-state index is 11.0. The normalized spacial score (nSPS) is 18.8. The summed E-state index contributed by atoms with van der Waals surface area (Å²) in [6, 6.07) is 0. The van der Waals surface area contributed by atoms with Gasteiger partial charge in [0.05, 0.1) is 25.0 Å². The Labute approximate surface area is 126 Å². The van der Waals surface area contributed by atoms with Gasteiger partial charge in [-0.2, -0.15) is 5.10 Å². The summed E-state index contributed by atoms with van der Waals surface area (Å²) >= 11 is 0. The van der Waals surface area contributed by atoms with Gasteiger partial charge in [-0.3, -0.25) is 9.89 Å². The second kappa shape index (κ2) is 7.71. The van der Waals surface area contributed by atoms with Crippen LogP contribution in [0.15, 0.2) is 6.20 Å². The van der Waals surface area contributed by atoms with Gasteiger partial charge in [-0.15, -0.1) is 0 Å². The number of carbonyl (C=O) groups is 1. The molecule has 0 aromatic carbocycles. The molecule has 2 rings (SSSR count). The van der Waals surface area contributed by atoms with Crippen molar-refractivity contribution in [2.45, 2.75) is 45.4 Å². The van der Waals surface area contributed by atoms with Crippen molar-refractivity contribution in [1.82, 2.24) is 10.2 Å². The number of aromatic nitrogens is 2. The maximum atomic E-state index is 11.0. The zero-order valence-corrected chi connectivity index (χ0v) is 13.1. The molecule has 0 aliphatic heterocycles. The minimum Gasteiger partial charge on any atom is -0.381 e. The first kappa shape index (κ1) is 16.2. The first-order valence-corrected chi connectivity index (χ1v) is 7.88. The Morgan fingerprint density at radius 1 is 1.29 bits per heavy atom. The van der Waals surface area contributed by atoms with Crippen LogP contribution in [-0.2, 0) is 9.47 Å². The van der Waals surface area contributed by atoms with Crippen LogP contribution in [0.2, 0.25) is 0 Å². The fraction of sp³-hybridized carbons (Fsp3) is 0.750. The van der Waals surface area contributed by atoms with Crippen LogP contribution in [0.25, 0.3) is 0 Å².